The normalized spacial score (nSPS) is 10.2. The standard InChI is InChI=1S/C20H19ClN4S/c1-14-2-8-17(9-3-14)24-19-11-10-18(13-22-19)25-20(26)23-12-15-4-6-16(21)7-5-15/h2-11,13H,12H2,1H3,(H,22,24)(H2,23,25,26). The molecule has 0 aliphatic heterocycles. The van der Waals surface area contributed by atoms with Crippen molar-refractivity contribution in [3.8, 4) is 0 Å². The number of hydrogen-bond acceptors (Lipinski definition) is 3. The van der Waals surface area contributed by atoms with Crippen molar-refractivity contribution in [2.24, 2.45) is 0 Å². The van der Waals surface area contributed by atoms with E-state index in [9.17, 15) is 0 Å². The van der Waals surface area contributed by atoms with Crippen LogP contribution in [0.4, 0.5) is 17.2 Å². The third kappa shape index (κ3) is 5.44. The number of anilines is 3. The summed E-state index contributed by atoms with van der Waals surface area (Å²) in [4.78, 5) is 4.40. The zero-order valence-corrected chi connectivity index (χ0v) is 15.9. The number of nitrogens with zero attached hydrogens (tertiary/aromatic N) is 1. The summed E-state index contributed by atoms with van der Waals surface area (Å²) in [7, 11) is 0. The van der Waals surface area contributed by atoms with Crippen molar-refractivity contribution in [1.29, 1.82) is 0 Å². The number of benzene rings is 2. The number of nitrogens with one attached hydrogen (secondary N) is 3. The molecule has 1 aromatic heterocycles. The molecule has 2 aromatic carbocycles. The van der Waals surface area contributed by atoms with E-state index in [1.54, 1.807) is 6.20 Å². The number of rotatable bonds is 5. The van der Waals surface area contributed by atoms with E-state index in [4.69, 9.17) is 23.8 Å². The van der Waals surface area contributed by atoms with Gasteiger partial charge in [-0.25, -0.2) is 4.98 Å². The summed E-state index contributed by atoms with van der Waals surface area (Å²) in [5.41, 5.74) is 4.16. The van der Waals surface area contributed by atoms with Crippen molar-refractivity contribution in [3.05, 3.63) is 83.0 Å². The van der Waals surface area contributed by atoms with Gasteiger partial charge < -0.3 is 16.0 Å². The molecule has 0 aliphatic rings. The van der Waals surface area contributed by atoms with Crippen LogP contribution >= 0.6 is 23.8 Å². The number of hydrogen-bond donors (Lipinski definition) is 3. The Balaban J connectivity index is 1.50. The molecule has 0 unspecified atom stereocenters. The Morgan fingerprint density at radius 1 is 0.962 bits per heavy atom. The van der Waals surface area contributed by atoms with Gasteiger partial charge in [-0.2, -0.15) is 0 Å². The van der Waals surface area contributed by atoms with Crippen LogP contribution in [-0.4, -0.2) is 10.1 Å². The molecule has 3 aromatic rings. The van der Waals surface area contributed by atoms with Crippen LogP contribution in [0.15, 0.2) is 66.9 Å². The molecule has 3 rings (SSSR count). The van der Waals surface area contributed by atoms with Crippen molar-refractivity contribution in [2.75, 3.05) is 10.6 Å². The monoisotopic (exact) mass is 382 g/mol. The second kappa shape index (κ2) is 8.65. The molecular weight excluding hydrogens is 364 g/mol. The van der Waals surface area contributed by atoms with Gasteiger partial charge in [0, 0.05) is 17.3 Å². The van der Waals surface area contributed by atoms with Gasteiger partial charge in [0.15, 0.2) is 5.11 Å². The van der Waals surface area contributed by atoms with Gasteiger partial charge in [-0.05, 0) is 61.1 Å². The van der Waals surface area contributed by atoms with E-state index in [0.717, 1.165) is 27.8 Å². The molecule has 26 heavy (non-hydrogen) atoms. The lowest BCUT2D eigenvalue weighted by atomic mass is 10.2. The second-order valence-corrected chi connectivity index (χ2v) is 6.70. The first kappa shape index (κ1) is 18.2. The summed E-state index contributed by atoms with van der Waals surface area (Å²) < 4.78 is 0. The van der Waals surface area contributed by atoms with Crippen LogP contribution in [0.1, 0.15) is 11.1 Å². The Kier molecular flexibility index (Phi) is 6.04. The first-order valence-corrected chi connectivity index (χ1v) is 8.96. The fourth-order valence-corrected chi connectivity index (χ4v) is 2.60. The Morgan fingerprint density at radius 3 is 2.31 bits per heavy atom. The SMILES string of the molecule is Cc1ccc(Nc2ccc(NC(=S)NCc3ccc(Cl)cc3)cn2)cc1. The molecular formula is C20H19ClN4S. The number of pyridine rings is 1. The summed E-state index contributed by atoms with van der Waals surface area (Å²) in [6.45, 7) is 2.69. The molecule has 1 heterocycles. The maximum atomic E-state index is 5.88. The summed E-state index contributed by atoms with van der Waals surface area (Å²) in [6.07, 6.45) is 1.74. The van der Waals surface area contributed by atoms with E-state index in [2.05, 4.69) is 40.0 Å². The van der Waals surface area contributed by atoms with Crippen LogP contribution in [0.5, 0.6) is 0 Å². The zero-order chi connectivity index (χ0) is 18.4. The molecule has 0 fully saturated rings. The van der Waals surface area contributed by atoms with Gasteiger partial charge in [0.05, 0.1) is 11.9 Å². The van der Waals surface area contributed by atoms with E-state index in [-0.39, 0.29) is 0 Å². The van der Waals surface area contributed by atoms with E-state index < -0.39 is 0 Å². The fourth-order valence-electron chi connectivity index (χ4n) is 2.29. The molecule has 0 amide bonds. The minimum atomic E-state index is 0.543. The molecule has 0 saturated carbocycles. The minimum absolute atomic E-state index is 0.543. The molecule has 0 saturated heterocycles. The lowest BCUT2D eigenvalue weighted by molar-refractivity contribution is 0.926. The van der Waals surface area contributed by atoms with Gasteiger partial charge in [0.2, 0.25) is 0 Å². The topological polar surface area (TPSA) is 49.0 Å². The van der Waals surface area contributed by atoms with Gasteiger partial charge in [-0.3, -0.25) is 0 Å². The maximum Gasteiger partial charge on any atom is 0.171 e. The fraction of sp³-hybridized carbons (Fsp3) is 0.100. The quantitative estimate of drug-likeness (QED) is 0.524. The largest absolute Gasteiger partial charge is 0.358 e. The van der Waals surface area contributed by atoms with E-state index >= 15 is 0 Å². The van der Waals surface area contributed by atoms with E-state index in [0.29, 0.717) is 11.7 Å². The molecule has 3 N–H and O–H groups in total. The van der Waals surface area contributed by atoms with Gasteiger partial charge in [-0.1, -0.05) is 41.4 Å². The predicted molar refractivity (Wildman–Crippen MR) is 113 cm³/mol. The highest BCUT2D eigenvalue weighted by Gasteiger charge is 2.01. The molecule has 0 aliphatic carbocycles. The second-order valence-electron chi connectivity index (χ2n) is 5.86. The maximum absolute atomic E-state index is 5.88. The predicted octanol–water partition coefficient (Wildman–Crippen LogP) is 5.27. The third-order valence-electron chi connectivity index (χ3n) is 3.71. The van der Waals surface area contributed by atoms with Gasteiger partial charge in [-0.15, -0.1) is 0 Å². The highest BCUT2D eigenvalue weighted by molar-refractivity contribution is 7.80. The average Bonchev–Trinajstić information content (AvgIpc) is 2.65. The van der Waals surface area contributed by atoms with Gasteiger partial charge >= 0.3 is 0 Å². The average molecular weight is 383 g/mol. The minimum Gasteiger partial charge on any atom is -0.358 e. The molecule has 0 radical (unpaired) electrons. The van der Waals surface area contributed by atoms with Crippen molar-refractivity contribution >= 4 is 46.1 Å². The third-order valence-corrected chi connectivity index (χ3v) is 4.21. The van der Waals surface area contributed by atoms with Crippen molar-refractivity contribution < 1.29 is 0 Å². The summed E-state index contributed by atoms with van der Waals surface area (Å²) >= 11 is 11.2. The van der Waals surface area contributed by atoms with E-state index in [1.807, 2.05) is 48.5 Å². The van der Waals surface area contributed by atoms with Crippen LogP contribution < -0.4 is 16.0 Å². The van der Waals surface area contributed by atoms with Gasteiger partial charge in [0.25, 0.3) is 0 Å². The highest BCUT2D eigenvalue weighted by atomic mass is 35.5. The van der Waals surface area contributed by atoms with Crippen molar-refractivity contribution in [2.45, 2.75) is 13.5 Å². The molecule has 132 valence electrons. The first-order chi connectivity index (χ1) is 12.6. The van der Waals surface area contributed by atoms with Crippen LogP contribution in [0.2, 0.25) is 5.02 Å². The van der Waals surface area contributed by atoms with E-state index in [1.165, 1.54) is 5.56 Å². The number of thiocarbonyl (C=S) groups is 1. The van der Waals surface area contributed by atoms with Gasteiger partial charge in [0.1, 0.15) is 5.82 Å². The molecule has 4 nitrogen and oxygen atoms in total. The molecule has 0 atom stereocenters. The van der Waals surface area contributed by atoms with Crippen LogP contribution in [0.3, 0.4) is 0 Å². The zero-order valence-electron chi connectivity index (χ0n) is 14.3. The Morgan fingerprint density at radius 2 is 1.65 bits per heavy atom. The lowest BCUT2D eigenvalue weighted by Crippen LogP contribution is -2.27. The van der Waals surface area contributed by atoms with Crippen LogP contribution in [0, 0.1) is 6.92 Å². The molecule has 6 heteroatoms. The molecule has 0 spiro atoms. The summed E-state index contributed by atoms with van der Waals surface area (Å²) in [6, 6.07) is 19.7. The Bertz CT molecular complexity index is 862. The first-order valence-electron chi connectivity index (χ1n) is 8.17. The van der Waals surface area contributed by atoms with Crippen molar-refractivity contribution in [1.82, 2.24) is 10.3 Å². The van der Waals surface area contributed by atoms with Crippen LogP contribution in [0.25, 0.3) is 0 Å². The highest BCUT2D eigenvalue weighted by Crippen LogP contribution is 2.16. The molecule has 0 bridgehead atoms. The summed E-state index contributed by atoms with van der Waals surface area (Å²) in [5.74, 6) is 0.777. The number of halogens is 1. The summed E-state index contributed by atoms with van der Waals surface area (Å²) in [5, 5.41) is 10.8. The number of aryl methyl sites for hydroxylation is 1. The van der Waals surface area contributed by atoms with Crippen molar-refractivity contribution in [3.63, 3.8) is 0 Å². The Hall–Kier alpha value is -2.63. The Labute approximate surface area is 163 Å². The lowest BCUT2D eigenvalue weighted by Gasteiger charge is -2.11. The number of aromatic nitrogens is 1. The van der Waals surface area contributed by atoms with Crippen LogP contribution in [-0.2, 0) is 6.54 Å². The smallest absolute Gasteiger partial charge is 0.171 e.